The first-order valence-electron chi connectivity index (χ1n) is 3.22. The zero-order valence-electron chi connectivity index (χ0n) is 7.08. The van der Waals surface area contributed by atoms with Gasteiger partial charge in [0.1, 0.15) is 11.6 Å². The summed E-state index contributed by atoms with van der Waals surface area (Å²) < 4.78 is 12.3. The largest absolute Gasteiger partial charge is 1.00 e. The van der Waals surface area contributed by atoms with E-state index >= 15 is 0 Å². The van der Waals surface area contributed by atoms with Gasteiger partial charge >= 0.3 is 29.6 Å². The summed E-state index contributed by atoms with van der Waals surface area (Å²) in [6.07, 6.45) is 1.03. The molecule has 0 aliphatic heterocycles. The quantitative estimate of drug-likeness (QED) is 0.439. The normalized spacial score (nSPS) is 8.77. The van der Waals surface area contributed by atoms with Crippen LogP contribution in [-0.2, 0) is 17.4 Å². The minimum Gasteiger partial charge on any atom is -0.783 e. The molecule has 1 aromatic heterocycles. The van der Waals surface area contributed by atoms with Gasteiger partial charge in [-0.15, -0.1) is 0 Å². The molecule has 3 nitrogen and oxygen atoms in total. The molecule has 0 radical (unpaired) electrons. The Bertz CT molecular complexity index is 280. The van der Waals surface area contributed by atoms with E-state index in [9.17, 15) is 9.18 Å². The average molecular weight is 208 g/mol. The molecule has 0 aliphatic carbocycles. The minimum atomic E-state index is -0.439. The maximum Gasteiger partial charge on any atom is 1.00 e. The van der Waals surface area contributed by atoms with Gasteiger partial charge in [-0.05, 0) is 12.1 Å². The Morgan fingerprint density at radius 3 is 2.77 bits per heavy atom. The van der Waals surface area contributed by atoms with Crippen molar-refractivity contribution in [3.05, 3.63) is 24.1 Å². The average Bonchev–Trinajstić information content (AvgIpc) is 2.09. The van der Waals surface area contributed by atoms with Crippen molar-refractivity contribution in [1.82, 2.24) is 4.98 Å². The van der Waals surface area contributed by atoms with Crippen LogP contribution in [0.2, 0.25) is 0 Å². The van der Waals surface area contributed by atoms with Gasteiger partial charge in [-0.3, -0.25) is 4.79 Å². The van der Waals surface area contributed by atoms with Gasteiger partial charge in [-0.25, -0.2) is 9.37 Å². The van der Waals surface area contributed by atoms with E-state index in [4.69, 9.17) is 0 Å². The Balaban J connectivity index is 0.00000144. The summed E-state index contributed by atoms with van der Waals surface area (Å²) in [6, 6.07) is 2.59. The van der Waals surface area contributed by atoms with Gasteiger partial charge < -0.3 is 17.9 Å². The Labute approximate surface area is 103 Å². The van der Waals surface area contributed by atoms with Crippen molar-refractivity contribution in [2.75, 3.05) is 11.1 Å². The van der Waals surface area contributed by atoms with Gasteiger partial charge in [-0.2, -0.15) is 0 Å². The summed E-state index contributed by atoms with van der Waals surface area (Å²) >= 11 is 4.49. The van der Waals surface area contributed by atoms with E-state index in [1.807, 2.05) is 0 Å². The number of rotatable bonds is 2. The third-order valence-corrected chi connectivity index (χ3v) is 1.39. The van der Waals surface area contributed by atoms with E-state index in [0.717, 1.165) is 6.20 Å². The standard InChI is InChI=1S/C7H7FN2OS.Na/c8-5-1-2-6(9-3-5)10-7(11)4-12;/h1-3,12H,4H2,(H,9,10,11);/q;+1/p-1. The van der Waals surface area contributed by atoms with Gasteiger partial charge in [0, 0.05) is 0 Å². The zero-order valence-corrected chi connectivity index (χ0v) is 9.90. The van der Waals surface area contributed by atoms with Crippen LogP contribution in [0.1, 0.15) is 0 Å². The molecule has 1 aromatic rings. The van der Waals surface area contributed by atoms with Crippen LogP contribution in [0.5, 0.6) is 0 Å². The molecular formula is C7H6FN2NaOS. The number of hydrogen-bond donors (Lipinski definition) is 1. The van der Waals surface area contributed by atoms with Crippen molar-refractivity contribution in [1.29, 1.82) is 0 Å². The molecule has 0 aliphatic rings. The van der Waals surface area contributed by atoms with Crippen molar-refractivity contribution in [2.45, 2.75) is 0 Å². The maximum atomic E-state index is 12.3. The third kappa shape index (κ3) is 4.61. The van der Waals surface area contributed by atoms with Crippen LogP contribution in [0.3, 0.4) is 0 Å². The smallest absolute Gasteiger partial charge is 0.783 e. The van der Waals surface area contributed by atoms with Crippen LogP contribution in [0, 0.1) is 5.82 Å². The first-order chi connectivity index (χ1) is 5.72. The number of pyridine rings is 1. The topological polar surface area (TPSA) is 42.0 Å². The van der Waals surface area contributed by atoms with Gasteiger partial charge in [-0.1, -0.05) is 5.75 Å². The van der Waals surface area contributed by atoms with Crippen LogP contribution in [0.25, 0.3) is 0 Å². The predicted octanol–water partition coefficient (Wildman–Crippen LogP) is -2.29. The first kappa shape index (κ1) is 12.9. The van der Waals surface area contributed by atoms with Crippen LogP contribution in [0.15, 0.2) is 18.3 Å². The number of carbonyl (C=O) groups is 1. The second-order valence-corrected chi connectivity index (χ2v) is 2.34. The number of hydrogen-bond acceptors (Lipinski definition) is 3. The van der Waals surface area contributed by atoms with Crippen LogP contribution in [0.4, 0.5) is 10.2 Å². The van der Waals surface area contributed by atoms with E-state index in [0.29, 0.717) is 5.82 Å². The summed E-state index contributed by atoms with van der Waals surface area (Å²) in [7, 11) is 0. The van der Waals surface area contributed by atoms with Gasteiger partial charge in [0.2, 0.25) is 5.91 Å². The summed E-state index contributed by atoms with van der Waals surface area (Å²) in [5, 5.41) is 2.40. The summed E-state index contributed by atoms with van der Waals surface area (Å²) in [5.74, 6) is -0.472. The van der Waals surface area contributed by atoms with Gasteiger partial charge in [0.25, 0.3) is 0 Å². The summed E-state index contributed by atoms with van der Waals surface area (Å²) in [4.78, 5) is 14.3. The molecule has 1 amide bonds. The fourth-order valence-electron chi connectivity index (χ4n) is 0.629. The number of nitrogens with zero attached hydrogens (tertiary/aromatic N) is 1. The van der Waals surface area contributed by atoms with Crippen LogP contribution >= 0.6 is 0 Å². The van der Waals surface area contributed by atoms with Gasteiger partial charge in [0.05, 0.1) is 6.20 Å². The molecule has 13 heavy (non-hydrogen) atoms. The second kappa shape index (κ2) is 6.37. The molecule has 0 saturated heterocycles. The number of nitrogens with one attached hydrogen (secondary N) is 1. The summed E-state index contributed by atoms with van der Waals surface area (Å²) in [6.45, 7) is 0. The molecule has 64 valence electrons. The predicted molar refractivity (Wildman–Crippen MR) is 45.1 cm³/mol. The van der Waals surface area contributed by atoms with E-state index in [1.54, 1.807) is 0 Å². The molecule has 0 unspecified atom stereocenters. The van der Waals surface area contributed by atoms with Crippen molar-refractivity contribution in [2.24, 2.45) is 0 Å². The number of amides is 1. The van der Waals surface area contributed by atoms with E-state index in [2.05, 4.69) is 22.9 Å². The SMILES string of the molecule is O=C(C[S-])Nc1ccc(F)cn1.[Na+]. The Kier molecular flexibility index (Phi) is 6.32. The molecule has 1 heterocycles. The zero-order chi connectivity index (χ0) is 8.97. The Morgan fingerprint density at radius 2 is 2.31 bits per heavy atom. The Hall–Kier alpha value is -0.100. The van der Waals surface area contributed by atoms with E-state index in [1.165, 1.54) is 12.1 Å². The third-order valence-electron chi connectivity index (χ3n) is 1.13. The first-order valence-corrected chi connectivity index (χ1v) is 3.79. The van der Waals surface area contributed by atoms with Crippen LogP contribution < -0.4 is 34.9 Å². The maximum absolute atomic E-state index is 12.3. The molecule has 0 bridgehead atoms. The Morgan fingerprint density at radius 1 is 1.62 bits per heavy atom. The molecule has 1 N–H and O–H groups in total. The molecule has 0 atom stereocenters. The fourth-order valence-corrected chi connectivity index (χ4v) is 0.701. The van der Waals surface area contributed by atoms with Crippen molar-refractivity contribution >= 4 is 24.4 Å². The van der Waals surface area contributed by atoms with Crippen molar-refractivity contribution in [3.63, 3.8) is 0 Å². The van der Waals surface area contributed by atoms with Crippen molar-refractivity contribution in [3.8, 4) is 0 Å². The number of aromatic nitrogens is 1. The molecular weight excluding hydrogens is 202 g/mol. The number of anilines is 1. The van der Waals surface area contributed by atoms with Gasteiger partial charge in [0.15, 0.2) is 0 Å². The molecule has 1 rings (SSSR count). The van der Waals surface area contributed by atoms with Crippen molar-refractivity contribution < 1.29 is 38.7 Å². The molecule has 6 heteroatoms. The molecule has 0 fully saturated rings. The fraction of sp³-hybridized carbons (Fsp3) is 0.143. The van der Waals surface area contributed by atoms with E-state index in [-0.39, 0.29) is 41.2 Å². The summed E-state index contributed by atoms with van der Waals surface area (Å²) in [5.41, 5.74) is 0. The van der Waals surface area contributed by atoms with Crippen LogP contribution in [-0.4, -0.2) is 16.6 Å². The van der Waals surface area contributed by atoms with E-state index < -0.39 is 5.82 Å². The minimum absolute atomic E-state index is 0. The number of carbonyl (C=O) groups excluding carboxylic acids is 1. The molecule has 0 saturated carbocycles. The number of halogens is 1. The second-order valence-electron chi connectivity index (χ2n) is 2.05. The monoisotopic (exact) mass is 208 g/mol. The molecule has 0 spiro atoms. The molecule has 0 aromatic carbocycles.